The topological polar surface area (TPSA) is 44.8 Å². The molecule has 0 aliphatic carbocycles. The van der Waals surface area contributed by atoms with Crippen molar-refractivity contribution in [2.45, 2.75) is 6.61 Å². The second-order valence-electron chi connectivity index (χ2n) is 6.26. The Morgan fingerprint density at radius 2 is 1.75 bits per heavy atom. The molecule has 4 nitrogen and oxygen atoms in total. The molecule has 0 bridgehead atoms. The molecule has 140 valence electrons. The molecule has 0 fully saturated rings. The van der Waals surface area contributed by atoms with Crippen molar-refractivity contribution < 1.29 is 19.0 Å². The van der Waals surface area contributed by atoms with Gasteiger partial charge in [0, 0.05) is 11.1 Å². The maximum Gasteiger partial charge on any atom is 0.231 e. The average molecular weight is 393 g/mol. The highest BCUT2D eigenvalue weighted by atomic mass is 35.5. The van der Waals surface area contributed by atoms with E-state index in [2.05, 4.69) is 0 Å². The number of carbonyl (C=O) groups excluding carboxylic acids is 1. The highest BCUT2D eigenvalue weighted by Crippen LogP contribution is 2.35. The van der Waals surface area contributed by atoms with Crippen molar-refractivity contribution in [3.05, 3.63) is 94.2 Å². The fraction of sp³-hybridized carbons (Fsp3) is 0.0870. The maximum atomic E-state index is 12.6. The Hall–Kier alpha value is -3.24. The number of hydrogen-bond acceptors (Lipinski definition) is 4. The van der Waals surface area contributed by atoms with Crippen LogP contribution in [-0.2, 0) is 6.61 Å². The number of ether oxygens (including phenoxy) is 3. The monoisotopic (exact) mass is 392 g/mol. The number of halogens is 1. The maximum absolute atomic E-state index is 12.6. The van der Waals surface area contributed by atoms with Crippen molar-refractivity contribution in [3.8, 4) is 17.2 Å². The molecule has 3 aromatic rings. The summed E-state index contributed by atoms with van der Waals surface area (Å²) in [7, 11) is 1.63. The second-order valence-corrected chi connectivity index (χ2v) is 6.66. The molecule has 0 spiro atoms. The number of hydrogen-bond donors (Lipinski definition) is 0. The zero-order valence-electron chi connectivity index (χ0n) is 15.1. The predicted molar refractivity (Wildman–Crippen MR) is 108 cm³/mol. The molecule has 5 heteroatoms. The number of methoxy groups -OCH3 is 1. The van der Waals surface area contributed by atoms with Gasteiger partial charge in [-0.15, -0.1) is 0 Å². The quantitative estimate of drug-likeness (QED) is 0.534. The Balaban J connectivity index is 1.49. The lowest BCUT2D eigenvalue weighted by atomic mass is 10.1. The van der Waals surface area contributed by atoms with Gasteiger partial charge in [-0.05, 0) is 47.5 Å². The van der Waals surface area contributed by atoms with Gasteiger partial charge in [0.15, 0.2) is 5.76 Å². The molecule has 1 aliphatic rings. The van der Waals surface area contributed by atoms with Gasteiger partial charge < -0.3 is 14.2 Å². The number of carbonyl (C=O) groups is 1. The lowest BCUT2D eigenvalue weighted by Crippen LogP contribution is -1.98. The smallest absolute Gasteiger partial charge is 0.231 e. The summed E-state index contributed by atoms with van der Waals surface area (Å²) in [5.74, 6) is 1.98. The lowest BCUT2D eigenvalue weighted by Gasteiger charge is -2.08. The average Bonchev–Trinajstić information content (AvgIpc) is 3.03. The summed E-state index contributed by atoms with van der Waals surface area (Å²) < 4.78 is 16.7. The summed E-state index contributed by atoms with van der Waals surface area (Å²) in [6.45, 7) is 0.402. The van der Waals surface area contributed by atoms with Crippen LogP contribution in [0, 0.1) is 0 Å². The molecule has 0 amide bonds. The van der Waals surface area contributed by atoms with Crippen molar-refractivity contribution in [3.63, 3.8) is 0 Å². The zero-order valence-corrected chi connectivity index (χ0v) is 15.9. The summed E-state index contributed by atoms with van der Waals surface area (Å²) in [5.41, 5.74) is 2.25. The first-order chi connectivity index (χ1) is 13.6. The van der Waals surface area contributed by atoms with E-state index in [1.165, 1.54) is 0 Å². The van der Waals surface area contributed by atoms with Crippen LogP contribution >= 0.6 is 11.6 Å². The fourth-order valence-electron chi connectivity index (χ4n) is 2.88. The largest absolute Gasteiger partial charge is 0.497 e. The van der Waals surface area contributed by atoms with Crippen LogP contribution in [0.3, 0.4) is 0 Å². The molecule has 0 saturated carbocycles. The van der Waals surface area contributed by atoms with Gasteiger partial charge in [-0.1, -0.05) is 41.9 Å². The number of allylic oxidation sites excluding steroid dienone is 1. The van der Waals surface area contributed by atoms with Crippen molar-refractivity contribution in [2.75, 3.05) is 7.11 Å². The molecule has 0 radical (unpaired) electrons. The fourth-order valence-corrected chi connectivity index (χ4v) is 3.07. The van der Waals surface area contributed by atoms with E-state index in [0.29, 0.717) is 28.7 Å². The lowest BCUT2D eigenvalue weighted by molar-refractivity contribution is 0.101. The highest BCUT2D eigenvalue weighted by molar-refractivity contribution is 6.32. The van der Waals surface area contributed by atoms with Crippen molar-refractivity contribution >= 4 is 23.5 Å². The van der Waals surface area contributed by atoms with E-state index in [4.69, 9.17) is 25.8 Å². The second kappa shape index (κ2) is 7.79. The van der Waals surface area contributed by atoms with E-state index in [0.717, 1.165) is 16.9 Å². The Morgan fingerprint density at radius 3 is 2.50 bits per heavy atom. The molecule has 0 saturated heterocycles. The van der Waals surface area contributed by atoms with Crippen LogP contribution < -0.4 is 14.2 Å². The molecule has 1 heterocycles. The number of ketones is 1. The third-order valence-electron chi connectivity index (χ3n) is 4.40. The van der Waals surface area contributed by atoms with Crippen LogP contribution in [0.25, 0.3) is 6.08 Å². The third kappa shape index (κ3) is 3.73. The molecular formula is C23H17ClO4. The van der Waals surface area contributed by atoms with E-state index >= 15 is 0 Å². The van der Waals surface area contributed by atoms with Crippen molar-refractivity contribution in [1.82, 2.24) is 0 Å². The minimum Gasteiger partial charge on any atom is -0.497 e. The van der Waals surface area contributed by atoms with Gasteiger partial charge in [-0.2, -0.15) is 0 Å². The first-order valence-electron chi connectivity index (χ1n) is 8.72. The summed E-state index contributed by atoms with van der Waals surface area (Å²) in [5, 5.41) is 0.561. The van der Waals surface area contributed by atoms with Gasteiger partial charge in [0.1, 0.15) is 23.9 Å². The number of rotatable bonds is 5. The van der Waals surface area contributed by atoms with Gasteiger partial charge >= 0.3 is 0 Å². The SMILES string of the molecule is COc1ccc(COc2ccc3c(c2)O/C(=C\c2ccccc2Cl)C3=O)cc1. The van der Waals surface area contributed by atoms with Crippen LogP contribution in [0.4, 0.5) is 0 Å². The summed E-state index contributed by atoms with van der Waals surface area (Å²) in [6.07, 6.45) is 1.66. The van der Waals surface area contributed by atoms with Crippen molar-refractivity contribution in [1.29, 1.82) is 0 Å². The van der Waals surface area contributed by atoms with Gasteiger partial charge in [0.05, 0.1) is 12.7 Å². The normalized spacial score (nSPS) is 13.9. The Kier molecular flexibility index (Phi) is 5.04. The minimum absolute atomic E-state index is 0.170. The van der Waals surface area contributed by atoms with Gasteiger partial charge in [-0.3, -0.25) is 4.79 Å². The molecule has 28 heavy (non-hydrogen) atoms. The van der Waals surface area contributed by atoms with Gasteiger partial charge in [-0.25, -0.2) is 0 Å². The standard InChI is InChI=1S/C23H17ClO4/c1-26-17-8-6-15(7-9-17)14-27-18-10-11-19-21(13-18)28-22(23(19)25)12-16-4-2-3-5-20(16)24/h2-13H,14H2,1H3/b22-12-. The van der Waals surface area contributed by atoms with Crippen LogP contribution in [0.15, 0.2) is 72.5 Å². The zero-order chi connectivity index (χ0) is 19.5. The summed E-state index contributed by atoms with van der Waals surface area (Å²) in [6, 6.07) is 20.2. The summed E-state index contributed by atoms with van der Waals surface area (Å²) >= 11 is 6.17. The van der Waals surface area contributed by atoms with Crippen LogP contribution in [0.2, 0.25) is 5.02 Å². The number of Topliss-reactive ketones (excluding diaryl/α,β-unsaturated/α-hetero) is 1. The Labute approximate surface area is 167 Å². The molecule has 4 rings (SSSR count). The van der Waals surface area contributed by atoms with Crippen LogP contribution in [0.5, 0.6) is 17.2 Å². The van der Waals surface area contributed by atoms with Gasteiger partial charge in [0.25, 0.3) is 0 Å². The van der Waals surface area contributed by atoms with E-state index in [1.807, 2.05) is 42.5 Å². The first kappa shape index (κ1) is 18.1. The van der Waals surface area contributed by atoms with Crippen molar-refractivity contribution in [2.24, 2.45) is 0 Å². The Morgan fingerprint density at radius 1 is 1.00 bits per heavy atom. The summed E-state index contributed by atoms with van der Waals surface area (Å²) in [4.78, 5) is 12.6. The molecule has 0 N–H and O–H groups in total. The number of benzene rings is 3. The predicted octanol–water partition coefficient (Wildman–Crippen LogP) is 5.54. The van der Waals surface area contributed by atoms with E-state index in [1.54, 1.807) is 37.5 Å². The van der Waals surface area contributed by atoms with E-state index in [-0.39, 0.29) is 11.5 Å². The molecule has 0 aromatic heterocycles. The molecule has 0 unspecified atom stereocenters. The molecule has 3 aromatic carbocycles. The first-order valence-corrected chi connectivity index (χ1v) is 9.10. The minimum atomic E-state index is -0.170. The van der Waals surface area contributed by atoms with Crippen LogP contribution in [-0.4, -0.2) is 12.9 Å². The van der Waals surface area contributed by atoms with Crippen LogP contribution in [0.1, 0.15) is 21.5 Å². The Bertz CT molecular complexity index is 1050. The van der Waals surface area contributed by atoms with E-state index < -0.39 is 0 Å². The molecule has 0 atom stereocenters. The third-order valence-corrected chi connectivity index (χ3v) is 4.74. The van der Waals surface area contributed by atoms with Gasteiger partial charge in [0.2, 0.25) is 5.78 Å². The molecule has 1 aliphatic heterocycles. The highest BCUT2D eigenvalue weighted by Gasteiger charge is 2.27. The molecular weight excluding hydrogens is 376 g/mol. The van der Waals surface area contributed by atoms with E-state index in [9.17, 15) is 4.79 Å². The number of fused-ring (bicyclic) bond motifs is 1.